The number of nitrogens with one attached hydrogen (secondary N) is 2. The van der Waals surface area contributed by atoms with Gasteiger partial charge in [-0.2, -0.15) is 0 Å². The van der Waals surface area contributed by atoms with E-state index < -0.39 is 0 Å². The first kappa shape index (κ1) is 21.2. The molecule has 4 aromatic rings. The van der Waals surface area contributed by atoms with E-state index in [9.17, 15) is 4.79 Å². The predicted octanol–water partition coefficient (Wildman–Crippen LogP) is 3.52. The number of carbonyl (C=O) groups is 1. The molecule has 1 fully saturated rings. The fourth-order valence-corrected chi connectivity index (χ4v) is 4.74. The highest BCUT2D eigenvalue weighted by atomic mass is 16.2. The highest BCUT2D eigenvalue weighted by Gasteiger charge is 2.24. The molecule has 33 heavy (non-hydrogen) atoms. The number of amidine groups is 1. The van der Waals surface area contributed by atoms with Crippen LogP contribution in [0.15, 0.2) is 60.7 Å². The van der Waals surface area contributed by atoms with E-state index >= 15 is 0 Å². The molecule has 6 N–H and O–H groups in total. The normalized spacial score (nSPS) is 18.5. The Morgan fingerprint density at radius 3 is 2.61 bits per heavy atom. The lowest BCUT2D eigenvalue weighted by Crippen LogP contribution is -2.41. The summed E-state index contributed by atoms with van der Waals surface area (Å²) >= 11 is 0. The Balaban J connectivity index is 1.56. The maximum atomic E-state index is 13.4. The van der Waals surface area contributed by atoms with Crippen LogP contribution in [-0.4, -0.2) is 33.4 Å². The van der Waals surface area contributed by atoms with Crippen LogP contribution < -0.4 is 16.8 Å². The molecule has 168 valence electrons. The van der Waals surface area contributed by atoms with Gasteiger partial charge in [0.05, 0.1) is 17.6 Å². The molecule has 1 aliphatic carbocycles. The quantitative estimate of drug-likeness (QED) is 0.280. The second kappa shape index (κ2) is 8.67. The number of amides is 1. The van der Waals surface area contributed by atoms with Crippen molar-refractivity contribution >= 4 is 33.5 Å². The Morgan fingerprint density at radius 1 is 1.06 bits per heavy atom. The molecule has 0 radical (unpaired) electrons. The van der Waals surface area contributed by atoms with Gasteiger partial charge in [0, 0.05) is 17.6 Å². The summed E-state index contributed by atoms with van der Waals surface area (Å²) in [5.74, 6) is 0.162. The maximum Gasteiger partial charge on any atom is 0.287 e. The van der Waals surface area contributed by atoms with Crippen LogP contribution >= 0.6 is 0 Å². The number of carbonyl (C=O) groups excluding carboxylic acids is 1. The van der Waals surface area contributed by atoms with Crippen molar-refractivity contribution in [2.45, 2.75) is 44.3 Å². The van der Waals surface area contributed by atoms with Gasteiger partial charge in [0.2, 0.25) is 0 Å². The average molecular weight is 441 g/mol. The smallest absolute Gasteiger partial charge is 0.287 e. The van der Waals surface area contributed by atoms with Crippen molar-refractivity contribution < 1.29 is 4.79 Å². The van der Waals surface area contributed by atoms with E-state index in [1.807, 2.05) is 28.8 Å². The van der Waals surface area contributed by atoms with Gasteiger partial charge in [0.25, 0.3) is 5.91 Å². The third-order valence-electron chi connectivity index (χ3n) is 6.58. The summed E-state index contributed by atoms with van der Waals surface area (Å²) in [6.07, 6.45) is 3.59. The predicted molar refractivity (Wildman–Crippen MR) is 131 cm³/mol. The Labute approximate surface area is 192 Å². The molecule has 7 heteroatoms. The van der Waals surface area contributed by atoms with E-state index in [1.165, 1.54) is 0 Å². The second-order valence-electron chi connectivity index (χ2n) is 8.86. The van der Waals surface area contributed by atoms with Crippen molar-refractivity contribution in [3.63, 3.8) is 0 Å². The van der Waals surface area contributed by atoms with Crippen LogP contribution in [0.25, 0.3) is 21.8 Å². The molecule has 0 unspecified atom stereocenters. The number of nitrogens with zero attached hydrogens (tertiary/aromatic N) is 2. The zero-order valence-corrected chi connectivity index (χ0v) is 18.4. The molecule has 0 spiro atoms. The first-order chi connectivity index (χ1) is 16.0. The number of nitrogens with two attached hydrogens (primary N) is 2. The van der Waals surface area contributed by atoms with E-state index in [1.54, 1.807) is 12.1 Å². The van der Waals surface area contributed by atoms with E-state index in [4.69, 9.17) is 16.9 Å². The lowest BCUT2D eigenvalue weighted by atomic mass is 9.92. The lowest BCUT2D eigenvalue weighted by molar-refractivity contribution is 0.0912. The molecule has 7 nitrogen and oxygen atoms in total. The number of benzene rings is 3. The summed E-state index contributed by atoms with van der Waals surface area (Å²) in [5, 5.41) is 13.2. The van der Waals surface area contributed by atoms with Gasteiger partial charge in [-0.05, 0) is 60.2 Å². The molecule has 0 bridgehead atoms. The molecule has 5 rings (SSSR count). The second-order valence-corrected chi connectivity index (χ2v) is 8.86. The minimum atomic E-state index is -0.184. The van der Waals surface area contributed by atoms with Crippen LogP contribution in [-0.2, 0) is 6.54 Å². The third-order valence-corrected chi connectivity index (χ3v) is 6.58. The first-order valence-electron chi connectivity index (χ1n) is 11.4. The molecule has 0 aliphatic heterocycles. The van der Waals surface area contributed by atoms with E-state index in [0.717, 1.165) is 47.5 Å². The zero-order valence-electron chi connectivity index (χ0n) is 18.4. The molecular formula is C26H28N6O. The highest BCUT2D eigenvalue weighted by molar-refractivity contribution is 6.00. The number of imidazole rings is 1. The zero-order chi connectivity index (χ0) is 22.9. The maximum absolute atomic E-state index is 13.4. The minimum Gasteiger partial charge on any atom is -0.384 e. The Hall–Kier alpha value is -3.71. The fraction of sp³-hybridized carbons (Fsp3) is 0.269. The van der Waals surface area contributed by atoms with Gasteiger partial charge in [-0.3, -0.25) is 10.2 Å². The molecule has 1 saturated carbocycles. The largest absolute Gasteiger partial charge is 0.384 e. The summed E-state index contributed by atoms with van der Waals surface area (Å²) < 4.78 is 1.96. The average Bonchev–Trinajstić information content (AvgIpc) is 3.18. The van der Waals surface area contributed by atoms with Crippen LogP contribution in [0.3, 0.4) is 0 Å². The van der Waals surface area contributed by atoms with Gasteiger partial charge in [-0.1, -0.05) is 42.5 Å². The Bertz CT molecular complexity index is 1340. The number of hydrogen-bond donors (Lipinski definition) is 4. The summed E-state index contributed by atoms with van der Waals surface area (Å²) in [7, 11) is 0. The van der Waals surface area contributed by atoms with Crippen LogP contribution in [0.2, 0.25) is 0 Å². The van der Waals surface area contributed by atoms with Crippen molar-refractivity contribution in [2.24, 2.45) is 11.5 Å². The van der Waals surface area contributed by atoms with Crippen LogP contribution in [0.5, 0.6) is 0 Å². The molecule has 3 aromatic carbocycles. The van der Waals surface area contributed by atoms with Crippen molar-refractivity contribution in [2.75, 3.05) is 0 Å². The number of hydrogen-bond acceptors (Lipinski definition) is 4. The monoisotopic (exact) mass is 440 g/mol. The molecular weight excluding hydrogens is 412 g/mol. The number of nitrogen functional groups attached to an aromatic ring is 1. The molecule has 0 atom stereocenters. The minimum absolute atomic E-state index is 0.0231. The standard InChI is InChI=1S/C26H28N6O/c27-19-9-11-20(12-10-19)30-26(33)25-31-22-14-17(24(28)29)8-13-23(22)32(25)15-18-6-3-5-16-4-1-2-7-21(16)18/h1-8,13-14,19-20H,9-12,15,27H2,(H3,28,29)(H,30,33)/t19-,20-. The number of rotatable bonds is 5. The van der Waals surface area contributed by atoms with Gasteiger partial charge in [0.1, 0.15) is 5.84 Å². The summed E-state index contributed by atoms with van der Waals surface area (Å²) in [4.78, 5) is 18.1. The Morgan fingerprint density at radius 2 is 1.82 bits per heavy atom. The molecule has 1 amide bonds. The van der Waals surface area contributed by atoms with Crippen molar-refractivity contribution in [3.8, 4) is 0 Å². The summed E-state index contributed by atoms with van der Waals surface area (Å²) in [6, 6.07) is 20.2. The fourth-order valence-electron chi connectivity index (χ4n) is 4.74. The van der Waals surface area contributed by atoms with Crippen LogP contribution in [0.4, 0.5) is 0 Å². The summed E-state index contributed by atoms with van der Waals surface area (Å²) in [5.41, 5.74) is 14.9. The topological polar surface area (TPSA) is 123 Å². The van der Waals surface area contributed by atoms with E-state index in [2.05, 4.69) is 34.6 Å². The van der Waals surface area contributed by atoms with E-state index in [-0.39, 0.29) is 23.8 Å². The summed E-state index contributed by atoms with van der Waals surface area (Å²) in [6.45, 7) is 0.509. The molecule has 1 aliphatic rings. The first-order valence-corrected chi connectivity index (χ1v) is 11.4. The van der Waals surface area contributed by atoms with Gasteiger partial charge >= 0.3 is 0 Å². The van der Waals surface area contributed by atoms with Crippen LogP contribution in [0, 0.1) is 5.41 Å². The van der Waals surface area contributed by atoms with Gasteiger partial charge in [-0.25, -0.2) is 4.98 Å². The van der Waals surface area contributed by atoms with Gasteiger partial charge in [0.15, 0.2) is 5.82 Å². The lowest BCUT2D eigenvalue weighted by Gasteiger charge is -2.26. The third kappa shape index (κ3) is 4.19. The van der Waals surface area contributed by atoms with Crippen molar-refractivity contribution in [1.82, 2.24) is 14.9 Å². The SMILES string of the molecule is N=C(N)c1ccc2c(c1)nc(C(=O)N[C@H]1CC[C@H](N)CC1)n2Cc1cccc2ccccc12. The molecule has 1 aromatic heterocycles. The number of fused-ring (bicyclic) bond motifs is 2. The highest BCUT2D eigenvalue weighted by Crippen LogP contribution is 2.25. The van der Waals surface area contributed by atoms with Crippen LogP contribution in [0.1, 0.15) is 47.4 Å². The number of aromatic nitrogens is 2. The van der Waals surface area contributed by atoms with E-state index in [0.29, 0.717) is 23.4 Å². The van der Waals surface area contributed by atoms with Crippen molar-refractivity contribution in [3.05, 3.63) is 77.6 Å². The molecule has 1 heterocycles. The Kier molecular flexibility index (Phi) is 5.56. The van der Waals surface area contributed by atoms with Crippen molar-refractivity contribution in [1.29, 1.82) is 5.41 Å². The van der Waals surface area contributed by atoms with Gasteiger partial charge in [-0.15, -0.1) is 0 Å². The molecule has 0 saturated heterocycles. The van der Waals surface area contributed by atoms with Gasteiger partial charge < -0.3 is 21.4 Å².